The molecule has 186 valence electrons. The van der Waals surface area contributed by atoms with Gasteiger partial charge in [-0.15, -0.1) is 0 Å². The summed E-state index contributed by atoms with van der Waals surface area (Å²) in [5.41, 5.74) is 1.25. The Morgan fingerprint density at radius 3 is 2.26 bits per heavy atom. The number of sulfonamides is 1. The van der Waals surface area contributed by atoms with Crippen molar-refractivity contribution in [3.63, 3.8) is 0 Å². The molecule has 2 aromatic rings. The van der Waals surface area contributed by atoms with Crippen molar-refractivity contribution in [1.82, 2.24) is 4.90 Å². The summed E-state index contributed by atoms with van der Waals surface area (Å²) in [5.74, 6) is -2.46. The molecule has 1 amide bonds. The molecule has 1 aliphatic rings. The van der Waals surface area contributed by atoms with Crippen molar-refractivity contribution in [2.24, 2.45) is 0 Å². The van der Waals surface area contributed by atoms with Crippen molar-refractivity contribution in [2.75, 3.05) is 24.4 Å². The Balaban J connectivity index is 1.81. The summed E-state index contributed by atoms with van der Waals surface area (Å²) in [6.45, 7) is -2.04. The second kappa shape index (κ2) is 9.64. The van der Waals surface area contributed by atoms with E-state index in [2.05, 4.69) is 25.4 Å². The first-order valence-corrected chi connectivity index (χ1v) is 11.9. The molecule has 0 atom stereocenters. The van der Waals surface area contributed by atoms with Crippen LogP contribution >= 0.6 is 15.9 Å². The lowest BCUT2D eigenvalue weighted by molar-refractivity contribution is -0.185. The first kappa shape index (κ1) is 26.1. The molecular formula is C20H17BrF6N2O4S. The van der Waals surface area contributed by atoms with Gasteiger partial charge >= 0.3 is 18.3 Å². The SMILES string of the molecule is O=C(N1CCc2ccc(NS(=O)(=O)c3ccc(Br)cc3OCC(F)(F)F)cc2CC1)C(F)(F)F. The number of nitrogens with zero attached hydrogens (tertiary/aromatic N) is 1. The highest BCUT2D eigenvalue weighted by atomic mass is 79.9. The van der Waals surface area contributed by atoms with Crippen LogP contribution in [0.15, 0.2) is 45.8 Å². The number of anilines is 1. The number of hydrogen-bond donors (Lipinski definition) is 1. The van der Waals surface area contributed by atoms with Gasteiger partial charge < -0.3 is 9.64 Å². The molecule has 0 aliphatic carbocycles. The van der Waals surface area contributed by atoms with Gasteiger partial charge in [-0.1, -0.05) is 22.0 Å². The van der Waals surface area contributed by atoms with Gasteiger partial charge in [-0.05, 0) is 54.3 Å². The van der Waals surface area contributed by atoms with Crippen LogP contribution in [0.25, 0.3) is 0 Å². The Morgan fingerprint density at radius 1 is 1.00 bits per heavy atom. The largest absolute Gasteiger partial charge is 0.483 e. The predicted molar refractivity (Wildman–Crippen MR) is 113 cm³/mol. The van der Waals surface area contributed by atoms with E-state index in [0.717, 1.165) is 12.1 Å². The van der Waals surface area contributed by atoms with Crippen molar-refractivity contribution in [1.29, 1.82) is 0 Å². The van der Waals surface area contributed by atoms with Crippen LogP contribution in [0.3, 0.4) is 0 Å². The predicted octanol–water partition coefficient (Wildman–Crippen LogP) is 4.68. The van der Waals surface area contributed by atoms with E-state index in [4.69, 9.17) is 0 Å². The highest BCUT2D eigenvalue weighted by Gasteiger charge is 2.42. The molecule has 1 N–H and O–H groups in total. The molecule has 3 rings (SSSR count). The highest BCUT2D eigenvalue weighted by Crippen LogP contribution is 2.31. The minimum atomic E-state index is -4.99. The van der Waals surface area contributed by atoms with Gasteiger partial charge in [-0.3, -0.25) is 9.52 Å². The van der Waals surface area contributed by atoms with Gasteiger partial charge in [0.15, 0.2) is 6.61 Å². The molecule has 0 saturated heterocycles. The molecule has 2 aromatic carbocycles. The molecule has 0 spiro atoms. The van der Waals surface area contributed by atoms with E-state index in [-0.39, 0.29) is 31.6 Å². The number of rotatable bonds is 5. The molecule has 1 heterocycles. The topological polar surface area (TPSA) is 75.7 Å². The smallest absolute Gasteiger partial charge is 0.471 e. The van der Waals surface area contributed by atoms with E-state index in [9.17, 15) is 39.6 Å². The second-order valence-corrected chi connectivity index (χ2v) is 9.94. The molecule has 0 saturated carbocycles. The van der Waals surface area contributed by atoms with Gasteiger partial charge in [0.2, 0.25) is 0 Å². The van der Waals surface area contributed by atoms with E-state index < -0.39 is 45.5 Å². The summed E-state index contributed by atoms with van der Waals surface area (Å²) in [5, 5.41) is 0. The lowest BCUT2D eigenvalue weighted by Gasteiger charge is -2.21. The fourth-order valence-corrected chi connectivity index (χ4v) is 4.87. The third-order valence-electron chi connectivity index (χ3n) is 4.88. The number of halogens is 7. The van der Waals surface area contributed by atoms with Crippen LogP contribution in [-0.4, -0.2) is 51.3 Å². The number of ether oxygens (including phenoxy) is 1. The van der Waals surface area contributed by atoms with E-state index in [1.807, 2.05) is 0 Å². The van der Waals surface area contributed by atoms with Crippen LogP contribution < -0.4 is 9.46 Å². The lowest BCUT2D eigenvalue weighted by Crippen LogP contribution is -2.42. The van der Waals surface area contributed by atoms with Crippen LogP contribution in [0.2, 0.25) is 0 Å². The van der Waals surface area contributed by atoms with Crippen LogP contribution in [0.4, 0.5) is 32.0 Å². The Bertz CT molecular complexity index is 1180. The van der Waals surface area contributed by atoms with Gasteiger partial charge in [0.1, 0.15) is 10.6 Å². The Labute approximate surface area is 199 Å². The maximum absolute atomic E-state index is 12.9. The second-order valence-electron chi connectivity index (χ2n) is 7.37. The molecule has 0 bridgehead atoms. The van der Waals surface area contributed by atoms with Crippen molar-refractivity contribution in [2.45, 2.75) is 30.1 Å². The third kappa shape index (κ3) is 6.56. The number of nitrogens with one attached hydrogen (secondary N) is 1. The van der Waals surface area contributed by atoms with Crippen LogP contribution in [0.1, 0.15) is 11.1 Å². The van der Waals surface area contributed by atoms with E-state index >= 15 is 0 Å². The van der Waals surface area contributed by atoms with Crippen LogP contribution in [-0.2, 0) is 27.7 Å². The number of amides is 1. The minimum Gasteiger partial charge on any atom is -0.483 e. The Hall–Kier alpha value is -2.48. The first-order valence-electron chi connectivity index (χ1n) is 9.65. The summed E-state index contributed by atoms with van der Waals surface area (Å²) in [6.07, 6.45) is -9.47. The highest BCUT2D eigenvalue weighted by molar-refractivity contribution is 9.10. The summed E-state index contributed by atoms with van der Waals surface area (Å²) in [4.78, 5) is 11.7. The Morgan fingerprint density at radius 2 is 1.65 bits per heavy atom. The third-order valence-corrected chi connectivity index (χ3v) is 6.79. The molecule has 0 unspecified atom stereocenters. The van der Waals surface area contributed by atoms with E-state index in [1.54, 1.807) is 0 Å². The summed E-state index contributed by atoms with van der Waals surface area (Å²) in [7, 11) is -4.38. The first-order chi connectivity index (χ1) is 15.7. The number of alkyl halides is 6. The number of carbonyl (C=O) groups is 1. The normalized spacial score (nSPS) is 14.9. The fourth-order valence-electron chi connectivity index (χ4n) is 3.36. The number of fused-ring (bicyclic) bond motifs is 1. The van der Waals surface area contributed by atoms with E-state index in [0.29, 0.717) is 20.5 Å². The lowest BCUT2D eigenvalue weighted by atomic mass is 10.0. The number of hydrogen-bond acceptors (Lipinski definition) is 4. The van der Waals surface area contributed by atoms with Crippen molar-refractivity contribution in [3.8, 4) is 5.75 Å². The monoisotopic (exact) mass is 574 g/mol. The molecular weight excluding hydrogens is 558 g/mol. The van der Waals surface area contributed by atoms with E-state index in [1.165, 1.54) is 24.3 Å². The minimum absolute atomic E-state index is 0.0547. The summed E-state index contributed by atoms with van der Waals surface area (Å²) >= 11 is 3.05. The zero-order valence-corrected chi connectivity index (χ0v) is 19.5. The average molecular weight is 575 g/mol. The molecule has 14 heteroatoms. The van der Waals surface area contributed by atoms with Gasteiger partial charge in [0.05, 0.1) is 0 Å². The molecule has 0 radical (unpaired) electrons. The average Bonchev–Trinajstić information content (AvgIpc) is 2.92. The Kier molecular flexibility index (Phi) is 7.41. The molecule has 0 aromatic heterocycles. The zero-order valence-electron chi connectivity index (χ0n) is 17.1. The van der Waals surface area contributed by atoms with Crippen molar-refractivity contribution in [3.05, 3.63) is 52.0 Å². The van der Waals surface area contributed by atoms with Gasteiger partial charge in [0.25, 0.3) is 10.0 Å². The van der Waals surface area contributed by atoms with Crippen LogP contribution in [0.5, 0.6) is 5.75 Å². The molecule has 6 nitrogen and oxygen atoms in total. The number of benzene rings is 2. The summed E-state index contributed by atoms with van der Waals surface area (Å²) in [6, 6.07) is 7.80. The van der Waals surface area contributed by atoms with Gasteiger partial charge in [-0.25, -0.2) is 8.42 Å². The molecule has 0 fully saturated rings. The van der Waals surface area contributed by atoms with Crippen molar-refractivity contribution < 1.29 is 44.3 Å². The van der Waals surface area contributed by atoms with Crippen LogP contribution in [0, 0.1) is 0 Å². The standard InChI is InChI=1S/C20H17BrF6N2O4S/c21-14-2-4-17(16(10-14)33-11-19(22,23)24)34(31,32)28-15-3-1-12-5-7-29(8-6-13(12)9-15)18(30)20(25,26)27/h1-4,9-10,28H,5-8,11H2. The molecule has 1 aliphatic heterocycles. The number of carbonyl (C=O) groups excluding carboxylic acids is 1. The van der Waals surface area contributed by atoms with Gasteiger partial charge in [0, 0.05) is 23.2 Å². The van der Waals surface area contributed by atoms with Crippen molar-refractivity contribution >= 4 is 37.5 Å². The summed E-state index contributed by atoms with van der Waals surface area (Å²) < 4.78 is 109. The maximum atomic E-state index is 12.9. The molecule has 34 heavy (non-hydrogen) atoms. The fraction of sp³-hybridized carbons (Fsp3) is 0.350. The quantitative estimate of drug-likeness (QED) is 0.526. The van der Waals surface area contributed by atoms with Gasteiger partial charge in [-0.2, -0.15) is 26.3 Å². The maximum Gasteiger partial charge on any atom is 0.471 e. The zero-order chi connectivity index (χ0) is 25.3.